The molecule has 0 unspecified atom stereocenters. The highest BCUT2D eigenvalue weighted by Crippen LogP contribution is 1.79. The van der Waals surface area contributed by atoms with Crippen LogP contribution in [0.4, 0.5) is 0 Å². The van der Waals surface area contributed by atoms with Crippen molar-refractivity contribution in [2.24, 2.45) is 0 Å². The van der Waals surface area contributed by atoms with Gasteiger partial charge in [0.15, 0.2) is 0 Å². The normalized spacial score (nSPS) is 10.1. The Bertz CT molecular complexity index is 56.8. The second kappa shape index (κ2) is 5.38. The Hall–Kier alpha value is 0.237. The quantitative estimate of drug-likeness (QED) is 0.380. The number of rotatable bonds is 0. The lowest BCUT2D eigenvalue weighted by atomic mass is 11.8. The summed E-state index contributed by atoms with van der Waals surface area (Å²) in [5.74, 6) is 0. The summed E-state index contributed by atoms with van der Waals surface area (Å²) in [6.07, 6.45) is 0. The summed E-state index contributed by atoms with van der Waals surface area (Å²) < 4.78 is 8.35. The van der Waals surface area contributed by atoms with E-state index < -0.39 is 16.9 Å². The molecule has 0 aliphatic heterocycles. The molecule has 0 bridgehead atoms. The van der Waals surface area contributed by atoms with E-state index in [1.807, 2.05) is 0 Å². The maximum absolute atomic E-state index is 8.35. The summed E-state index contributed by atoms with van der Waals surface area (Å²) in [5.41, 5.74) is 0. The largest absolute Gasteiger partial charge is 0.772 e. The third-order valence-electron chi connectivity index (χ3n) is 0. The fourth-order valence-corrected chi connectivity index (χ4v) is 0. The molecule has 8 heavy (non-hydrogen) atoms. The van der Waals surface area contributed by atoms with E-state index in [1.54, 1.807) is 0 Å². The van der Waals surface area contributed by atoms with Crippen molar-refractivity contribution in [1.29, 1.82) is 0 Å². The average Bonchev–Trinajstić information content (AvgIpc) is 1.27. The summed E-state index contributed by atoms with van der Waals surface area (Å²) in [4.78, 5) is 8.35. The second-order valence-electron chi connectivity index (χ2n) is 2.64. The van der Waals surface area contributed by atoms with Gasteiger partial charge in [-0.1, -0.05) is 0 Å². The molecule has 0 heterocycles. The van der Waals surface area contributed by atoms with Crippen LogP contribution in [0.2, 0.25) is 19.6 Å². The Balaban J connectivity index is 0. The van der Waals surface area contributed by atoms with Crippen LogP contribution in [0.15, 0.2) is 0 Å². The number of quaternary nitrogens is 1. The summed E-state index contributed by atoms with van der Waals surface area (Å²) in [6, 6.07) is 0. The van der Waals surface area contributed by atoms with Crippen LogP contribution in [0.1, 0.15) is 0 Å². The van der Waals surface area contributed by atoms with E-state index in [2.05, 4.69) is 25.0 Å². The van der Waals surface area contributed by atoms with Gasteiger partial charge in [-0.15, -0.1) is 0 Å². The van der Waals surface area contributed by atoms with Crippen LogP contribution in [0.5, 0.6) is 0 Å². The van der Waals surface area contributed by atoms with E-state index in [9.17, 15) is 0 Å². The van der Waals surface area contributed by atoms with Crippen LogP contribution in [-0.4, -0.2) is 8.24 Å². The first-order valence-electron chi connectivity index (χ1n) is 2.22. The van der Waals surface area contributed by atoms with Gasteiger partial charge in [0, 0.05) is 0 Å². The van der Waals surface area contributed by atoms with E-state index in [1.165, 1.54) is 0 Å². The van der Waals surface area contributed by atoms with Crippen molar-refractivity contribution < 1.29 is 14.9 Å². The molecular formula is C3H12NO2PSi. The standard InChI is InChI=1S/C3H12NSi.HO2P/c1-5(2,3)4;1-3-2/h1-4H3;(H,1,2)/q+1;/p-1. The third kappa shape index (κ3) is 3050. The lowest BCUT2D eigenvalue weighted by Crippen LogP contribution is -2.71. The van der Waals surface area contributed by atoms with E-state index >= 15 is 0 Å². The topological polar surface area (TPSA) is 67.8 Å². The first kappa shape index (κ1) is 11.1. The molecule has 0 fully saturated rings. The van der Waals surface area contributed by atoms with E-state index in [4.69, 9.17) is 9.46 Å². The Morgan fingerprint density at radius 2 is 1.50 bits per heavy atom. The minimum Gasteiger partial charge on any atom is -0.772 e. The van der Waals surface area contributed by atoms with Crippen LogP contribution < -0.4 is 10.3 Å². The van der Waals surface area contributed by atoms with Gasteiger partial charge in [0.25, 0.3) is 8.24 Å². The van der Waals surface area contributed by atoms with Crippen molar-refractivity contribution in [3.8, 4) is 0 Å². The van der Waals surface area contributed by atoms with Gasteiger partial charge in [-0.05, 0) is 19.6 Å². The van der Waals surface area contributed by atoms with Crippen LogP contribution in [0.25, 0.3) is 0 Å². The predicted molar refractivity (Wildman–Crippen MR) is 33.8 cm³/mol. The van der Waals surface area contributed by atoms with Crippen molar-refractivity contribution in [3.63, 3.8) is 0 Å². The van der Waals surface area contributed by atoms with E-state index in [0.717, 1.165) is 0 Å². The molecule has 0 aromatic heterocycles. The van der Waals surface area contributed by atoms with E-state index in [-0.39, 0.29) is 0 Å². The van der Waals surface area contributed by atoms with Crippen molar-refractivity contribution >= 4 is 16.9 Å². The molecule has 0 aliphatic rings. The van der Waals surface area contributed by atoms with Crippen molar-refractivity contribution in [1.82, 2.24) is 0 Å². The Labute approximate surface area is 52.3 Å². The Kier molecular flexibility index (Phi) is 7.45. The molecule has 0 saturated carbocycles. The highest BCUT2D eigenvalue weighted by Gasteiger charge is 2.09. The molecule has 0 rings (SSSR count). The highest BCUT2D eigenvalue weighted by molar-refractivity contribution is 7.14. The molecule has 0 spiro atoms. The molecule has 0 radical (unpaired) electrons. The van der Waals surface area contributed by atoms with Gasteiger partial charge in [-0.2, -0.15) is 0 Å². The van der Waals surface area contributed by atoms with Gasteiger partial charge < -0.3 is 10.3 Å². The molecule has 3 N–H and O–H groups in total. The third-order valence-corrected chi connectivity index (χ3v) is 0. The first-order chi connectivity index (χ1) is 3.41. The van der Waals surface area contributed by atoms with Gasteiger partial charge in [-0.3, -0.25) is 4.57 Å². The van der Waals surface area contributed by atoms with Crippen LogP contribution in [0.3, 0.4) is 0 Å². The SMILES string of the molecule is C[Si](C)(C)[NH3+].O=P[O-]. The van der Waals surface area contributed by atoms with Crippen molar-refractivity contribution in [2.75, 3.05) is 0 Å². The summed E-state index contributed by atoms with van der Waals surface area (Å²) in [7, 11) is -1.94. The maximum Gasteiger partial charge on any atom is 0.271 e. The summed E-state index contributed by atoms with van der Waals surface area (Å²) in [6.45, 7) is 6.65. The highest BCUT2D eigenvalue weighted by atomic mass is 31.1. The molecule has 0 aromatic rings. The van der Waals surface area contributed by atoms with Crippen molar-refractivity contribution in [3.05, 3.63) is 0 Å². The Morgan fingerprint density at radius 3 is 1.50 bits per heavy atom. The zero-order valence-electron chi connectivity index (χ0n) is 5.47. The summed E-state index contributed by atoms with van der Waals surface area (Å²) in [5, 5.41) is 3.91. The second-order valence-corrected chi connectivity index (χ2v) is 7.91. The molecule has 5 heteroatoms. The fraction of sp³-hybridized carbons (Fsp3) is 1.00. The maximum atomic E-state index is 8.35. The van der Waals surface area contributed by atoms with Gasteiger partial charge in [0.05, 0.1) is 8.69 Å². The lowest BCUT2D eigenvalue weighted by Gasteiger charge is -1.94. The predicted octanol–water partition coefficient (Wildman–Crippen LogP) is -0.383. The van der Waals surface area contributed by atoms with Crippen LogP contribution in [-0.2, 0) is 4.57 Å². The average molecular weight is 153 g/mol. The molecule has 0 aliphatic carbocycles. The van der Waals surface area contributed by atoms with Crippen LogP contribution >= 0.6 is 8.69 Å². The zero-order chi connectivity index (χ0) is 7.21. The minimum absolute atomic E-state index is 0.861. The molecule has 0 saturated heterocycles. The zero-order valence-corrected chi connectivity index (χ0v) is 7.37. The minimum atomic E-state index is -1.08. The summed E-state index contributed by atoms with van der Waals surface area (Å²) >= 11 is 0. The molecule has 50 valence electrons. The van der Waals surface area contributed by atoms with Crippen molar-refractivity contribution in [2.45, 2.75) is 19.6 Å². The van der Waals surface area contributed by atoms with Gasteiger partial charge in [0.2, 0.25) is 0 Å². The molecule has 0 aromatic carbocycles. The number of hydrogen-bond donors (Lipinski definition) is 1. The van der Waals surface area contributed by atoms with Gasteiger partial charge in [-0.25, -0.2) is 0 Å². The Morgan fingerprint density at radius 1 is 1.50 bits per heavy atom. The first-order valence-corrected chi connectivity index (χ1v) is 6.66. The monoisotopic (exact) mass is 153 g/mol. The van der Waals surface area contributed by atoms with Gasteiger partial charge in [0.1, 0.15) is 0 Å². The lowest BCUT2D eigenvalue weighted by molar-refractivity contribution is -0.203. The van der Waals surface area contributed by atoms with Crippen LogP contribution in [0, 0.1) is 0 Å². The molecule has 3 nitrogen and oxygen atoms in total. The number of hydrogen-bond acceptors (Lipinski definition) is 2. The molecule has 0 atom stereocenters. The molecular weight excluding hydrogens is 141 g/mol. The van der Waals surface area contributed by atoms with Gasteiger partial charge >= 0.3 is 0 Å². The van der Waals surface area contributed by atoms with E-state index in [0.29, 0.717) is 0 Å². The fourth-order valence-electron chi connectivity index (χ4n) is 0. The smallest absolute Gasteiger partial charge is 0.271 e. The molecule has 0 amide bonds.